The van der Waals surface area contributed by atoms with Crippen molar-refractivity contribution in [2.45, 2.75) is 18.7 Å². The summed E-state index contributed by atoms with van der Waals surface area (Å²) >= 11 is 0. The molecule has 0 aliphatic carbocycles. The molecule has 0 aliphatic rings. The summed E-state index contributed by atoms with van der Waals surface area (Å²) in [5.74, 6) is 0. The van der Waals surface area contributed by atoms with Crippen molar-refractivity contribution in [1.82, 2.24) is 4.31 Å². The zero-order chi connectivity index (χ0) is 11.5. The fourth-order valence-electron chi connectivity index (χ4n) is 1.13. The third-order valence-corrected chi connectivity index (χ3v) is 4.35. The van der Waals surface area contributed by atoms with Crippen molar-refractivity contribution in [3.8, 4) is 0 Å². The highest BCUT2D eigenvalue weighted by atomic mass is 32.2. The van der Waals surface area contributed by atoms with E-state index in [4.69, 9.17) is 9.52 Å². The van der Waals surface area contributed by atoms with E-state index in [2.05, 4.69) is 0 Å². The number of hydrogen-bond acceptors (Lipinski definition) is 4. The third-order valence-electron chi connectivity index (χ3n) is 2.19. The van der Waals surface area contributed by atoms with Gasteiger partial charge in [-0.2, -0.15) is 0 Å². The largest absolute Gasteiger partial charge is 0.472 e. The summed E-state index contributed by atoms with van der Waals surface area (Å²) < 4.78 is 29.5. The maximum Gasteiger partial charge on any atom is 0.219 e. The van der Waals surface area contributed by atoms with Crippen molar-refractivity contribution < 1.29 is 17.9 Å². The van der Waals surface area contributed by atoms with Gasteiger partial charge in [-0.15, -0.1) is 0 Å². The zero-order valence-electron chi connectivity index (χ0n) is 8.75. The smallest absolute Gasteiger partial charge is 0.219 e. The lowest BCUT2D eigenvalue weighted by molar-refractivity contribution is 0.290. The lowest BCUT2D eigenvalue weighted by atomic mass is 10.3. The Hall–Kier alpha value is -0.850. The molecule has 0 amide bonds. The molecule has 0 aromatic carbocycles. The van der Waals surface area contributed by atoms with E-state index < -0.39 is 15.3 Å². The minimum Gasteiger partial charge on any atom is -0.472 e. The molecule has 6 heteroatoms. The van der Waals surface area contributed by atoms with E-state index in [1.165, 1.54) is 30.8 Å². The molecule has 0 fully saturated rings. The minimum absolute atomic E-state index is 0.253. The van der Waals surface area contributed by atoms with Crippen LogP contribution in [-0.4, -0.2) is 36.7 Å². The highest BCUT2D eigenvalue weighted by molar-refractivity contribution is 7.89. The summed E-state index contributed by atoms with van der Waals surface area (Å²) in [5, 5.41) is 8.04. The van der Waals surface area contributed by atoms with Crippen LogP contribution >= 0.6 is 0 Å². The van der Waals surface area contributed by atoms with Gasteiger partial charge in [0.1, 0.15) is 0 Å². The Labute approximate surface area is 89.4 Å². The molecule has 1 unspecified atom stereocenters. The van der Waals surface area contributed by atoms with Gasteiger partial charge in [0, 0.05) is 19.2 Å². The topological polar surface area (TPSA) is 70.8 Å². The normalized spacial score (nSPS) is 14.4. The molecule has 1 N–H and O–H groups in total. The quantitative estimate of drug-likeness (QED) is 0.800. The van der Waals surface area contributed by atoms with E-state index in [1.807, 2.05) is 0 Å². The van der Waals surface area contributed by atoms with Gasteiger partial charge < -0.3 is 9.52 Å². The Morgan fingerprint density at radius 1 is 1.60 bits per heavy atom. The molecule has 0 radical (unpaired) electrons. The van der Waals surface area contributed by atoms with Gasteiger partial charge in [-0.1, -0.05) is 0 Å². The second kappa shape index (κ2) is 4.78. The Morgan fingerprint density at radius 3 is 2.73 bits per heavy atom. The third kappa shape index (κ3) is 2.80. The number of sulfonamides is 1. The Bertz CT molecular complexity index is 384. The molecule has 0 bridgehead atoms. The Morgan fingerprint density at radius 2 is 2.27 bits per heavy atom. The highest BCUT2D eigenvalue weighted by Gasteiger charge is 2.25. The Kier molecular flexibility index (Phi) is 3.90. The molecule has 1 aromatic rings. The van der Waals surface area contributed by atoms with E-state index >= 15 is 0 Å². The van der Waals surface area contributed by atoms with Crippen LogP contribution in [0, 0.1) is 0 Å². The summed E-state index contributed by atoms with van der Waals surface area (Å²) in [4.78, 5) is 0. The first kappa shape index (κ1) is 12.2. The van der Waals surface area contributed by atoms with Crippen molar-refractivity contribution in [2.24, 2.45) is 0 Å². The van der Waals surface area contributed by atoms with E-state index in [0.717, 1.165) is 5.56 Å². The van der Waals surface area contributed by atoms with Gasteiger partial charge >= 0.3 is 0 Å². The van der Waals surface area contributed by atoms with Crippen LogP contribution in [0.2, 0.25) is 0 Å². The zero-order valence-corrected chi connectivity index (χ0v) is 9.57. The average molecular weight is 233 g/mol. The van der Waals surface area contributed by atoms with Crippen LogP contribution in [0.25, 0.3) is 0 Å². The Balaban J connectivity index is 2.72. The van der Waals surface area contributed by atoms with Gasteiger partial charge in [-0.25, -0.2) is 12.7 Å². The van der Waals surface area contributed by atoms with Crippen LogP contribution in [-0.2, 0) is 16.6 Å². The van der Waals surface area contributed by atoms with Gasteiger partial charge in [0.05, 0.1) is 24.4 Å². The summed E-state index contributed by atoms with van der Waals surface area (Å²) in [5.41, 5.74) is 0.784. The van der Waals surface area contributed by atoms with Crippen molar-refractivity contribution >= 4 is 10.0 Å². The summed E-state index contributed by atoms with van der Waals surface area (Å²) in [6.07, 6.45) is 2.99. The van der Waals surface area contributed by atoms with Gasteiger partial charge in [0.15, 0.2) is 0 Å². The van der Waals surface area contributed by atoms with Crippen molar-refractivity contribution in [3.05, 3.63) is 24.2 Å². The molecular formula is C9H15NO4S. The number of aliphatic hydroxyl groups is 1. The van der Waals surface area contributed by atoms with Crippen LogP contribution < -0.4 is 0 Å². The first-order valence-corrected chi connectivity index (χ1v) is 6.06. The van der Waals surface area contributed by atoms with Crippen LogP contribution in [0.15, 0.2) is 23.0 Å². The lowest BCUT2D eigenvalue weighted by Crippen LogP contribution is -2.35. The molecule has 1 heterocycles. The summed E-state index contributed by atoms with van der Waals surface area (Å²) in [6.45, 7) is 1.35. The van der Waals surface area contributed by atoms with E-state index in [9.17, 15) is 8.42 Å². The number of hydrogen-bond donors (Lipinski definition) is 1. The number of furan rings is 1. The summed E-state index contributed by atoms with van der Waals surface area (Å²) in [6, 6.07) is 1.70. The fraction of sp³-hybridized carbons (Fsp3) is 0.556. The first-order chi connectivity index (χ1) is 6.98. The van der Waals surface area contributed by atoms with Crippen molar-refractivity contribution in [3.63, 3.8) is 0 Å². The maximum absolute atomic E-state index is 11.7. The molecule has 1 rings (SSSR count). The molecule has 0 saturated heterocycles. The minimum atomic E-state index is -3.42. The standard InChI is InChI=1S/C9H15NO4S/c1-8(6-11)15(12,13)10(2)5-9-3-4-14-7-9/h3-4,7-8,11H,5-6H2,1-2H3. The second-order valence-corrected chi connectivity index (χ2v) is 5.88. The monoisotopic (exact) mass is 233 g/mol. The van der Waals surface area contributed by atoms with Gasteiger partial charge in [0.2, 0.25) is 10.0 Å². The molecular weight excluding hydrogens is 218 g/mol. The molecule has 0 aliphatic heterocycles. The van der Waals surface area contributed by atoms with Gasteiger partial charge in [0.25, 0.3) is 0 Å². The van der Waals surface area contributed by atoms with Crippen molar-refractivity contribution in [2.75, 3.05) is 13.7 Å². The van der Waals surface area contributed by atoms with Gasteiger partial charge in [-0.05, 0) is 13.0 Å². The SMILES string of the molecule is CC(CO)S(=O)(=O)N(C)Cc1ccoc1. The predicted octanol–water partition coefficient (Wildman–Crippen LogP) is 0.422. The molecule has 0 saturated carbocycles. The highest BCUT2D eigenvalue weighted by Crippen LogP contribution is 2.11. The number of rotatable bonds is 5. The van der Waals surface area contributed by atoms with Crippen molar-refractivity contribution in [1.29, 1.82) is 0 Å². The second-order valence-electron chi connectivity index (χ2n) is 3.43. The molecule has 1 atom stereocenters. The summed E-state index contributed by atoms with van der Waals surface area (Å²) in [7, 11) is -1.94. The van der Waals surface area contributed by atoms with Crippen LogP contribution in [0.5, 0.6) is 0 Å². The number of aliphatic hydroxyl groups excluding tert-OH is 1. The maximum atomic E-state index is 11.7. The molecule has 5 nitrogen and oxygen atoms in total. The van der Waals surface area contributed by atoms with E-state index in [1.54, 1.807) is 6.07 Å². The average Bonchev–Trinajstić information content (AvgIpc) is 2.68. The fourth-order valence-corrected chi connectivity index (χ4v) is 2.26. The van der Waals surface area contributed by atoms with Crippen LogP contribution in [0.3, 0.4) is 0 Å². The molecule has 0 spiro atoms. The van der Waals surface area contributed by atoms with Crippen LogP contribution in [0.1, 0.15) is 12.5 Å². The van der Waals surface area contributed by atoms with Gasteiger partial charge in [-0.3, -0.25) is 0 Å². The van der Waals surface area contributed by atoms with Crippen LogP contribution in [0.4, 0.5) is 0 Å². The first-order valence-electron chi connectivity index (χ1n) is 4.55. The molecule has 15 heavy (non-hydrogen) atoms. The molecule has 86 valence electrons. The lowest BCUT2D eigenvalue weighted by Gasteiger charge is -2.19. The van der Waals surface area contributed by atoms with E-state index in [0.29, 0.717) is 0 Å². The predicted molar refractivity (Wildman–Crippen MR) is 55.6 cm³/mol. The van der Waals surface area contributed by atoms with E-state index in [-0.39, 0.29) is 13.2 Å². The molecule has 1 aromatic heterocycles. The number of nitrogens with zero attached hydrogens (tertiary/aromatic N) is 1.